The van der Waals surface area contributed by atoms with E-state index < -0.39 is 47.8 Å². The van der Waals surface area contributed by atoms with Gasteiger partial charge in [-0.05, 0) is 6.92 Å². The normalized spacial score (nSPS) is 30.9. The summed E-state index contributed by atoms with van der Waals surface area (Å²) >= 11 is 6.28. The molecule has 9 heteroatoms. The molecule has 120 valence electrons. The van der Waals surface area contributed by atoms with Crippen LogP contribution in [0, 0.1) is 18.8 Å². The number of ether oxygens (including phenoxy) is 1. The second-order valence-corrected chi connectivity index (χ2v) is 5.43. The van der Waals surface area contributed by atoms with Crippen molar-refractivity contribution in [2.75, 3.05) is 13.3 Å². The van der Waals surface area contributed by atoms with Crippen LogP contribution in [0.3, 0.4) is 0 Å². The predicted octanol–water partition coefficient (Wildman–Crippen LogP) is -0.954. The first-order valence-corrected chi connectivity index (χ1v) is 6.74. The van der Waals surface area contributed by atoms with Gasteiger partial charge in [0.1, 0.15) is 18.9 Å². The number of hydrogen-bond donors (Lipinski definition) is 3. The number of nitrogens with zero attached hydrogens (tertiary/aromatic N) is 1. The Bertz CT molecular complexity index is 736. The highest BCUT2D eigenvalue weighted by atomic mass is 35.5. The van der Waals surface area contributed by atoms with Gasteiger partial charge in [0.15, 0.2) is 11.1 Å². The molecule has 0 radical (unpaired) electrons. The summed E-state index contributed by atoms with van der Waals surface area (Å²) in [6, 6.07) is 1.14. The lowest BCUT2D eigenvalue weighted by atomic mass is 9.99. The van der Waals surface area contributed by atoms with E-state index in [9.17, 15) is 24.2 Å². The molecule has 1 aromatic rings. The van der Waals surface area contributed by atoms with Gasteiger partial charge in [-0.25, -0.2) is 9.18 Å². The fourth-order valence-corrected chi connectivity index (χ4v) is 2.72. The molecule has 3 N–H and O–H groups in total. The van der Waals surface area contributed by atoms with Gasteiger partial charge in [-0.2, -0.15) is 0 Å². The van der Waals surface area contributed by atoms with E-state index in [1.54, 1.807) is 0 Å². The Balaban J connectivity index is 2.62. The van der Waals surface area contributed by atoms with Gasteiger partial charge in [0.05, 0.1) is 6.61 Å². The molecule has 22 heavy (non-hydrogen) atoms. The first-order chi connectivity index (χ1) is 10.3. The zero-order valence-corrected chi connectivity index (χ0v) is 12.3. The Kier molecular flexibility index (Phi) is 4.72. The lowest BCUT2D eigenvalue weighted by Crippen LogP contribution is -2.45. The number of H-pyrrole nitrogens is 1. The molecule has 0 saturated carbocycles. The first-order valence-electron chi connectivity index (χ1n) is 6.37. The lowest BCUT2D eigenvalue weighted by Gasteiger charge is -2.26. The molecule has 0 spiro atoms. The number of hydrogen-bond acceptors (Lipinski definition) is 5. The standard InChI is InChI=1S/C13H14ClFN2O5/c1-7-5-9(19)16-12(21)17(7)11-13(14,3-2-4-15)10(20)8(6-18)22-11/h5,8,10-11,18,20H,4,6H2,1H3,(H,16,19,21)/t8?,10-,11+,13?/m0/s1. The summed E-state index contributed by atoms with van der Waals surface area (Å²) in [5.41, 5.74) is -1.20. The molecule has 1 saturated heterocycles. The van der Waals surface area contributed by atoms with Crippen molar-refractivity contribution in [3.63, 3.8) is 0 Å². The van der Waals surface area contributed by atoms with Crippen LogP contribution in [-0.2, 0) is 4.74 Å². The highest BCUT2D eigenvalue weighted by Gasteiger charge is 2.56. The van der Waals surface area contributed by atoms with E-state index in [1.165, 1.54) is 6.92 Å². The molecule has 2 heterocycles. The second kappa shape index (κ2) is 6.22. The maximum atomic E-state index is 12.3. The van der Waals surface area contributed by atoms with Crippen LogP contribution in [0.25, 0.3) is 0 Å². The summed E-state index contributed by atoms with van der Waals surface area (Å²) in [6.45, 7) is -0.101. The number of nitrogens with one attached hydrogen (secondary N) is 1. The van der Waals surface area contributed by atoms with Gasteiger partial charge in [0, 0.05) is 11.8 Å². The van der Waals surface area contributed by atoms with Crippen LogP contribution < -0.4 is 11.2 Å². The topological polar surface area (TPSA) is 105 Å². The highest BCUT2D eigenvalue weighted by Crippen LogP contribution is 2.42. The molecule has 0 bridgehead atoms. The number of aromatic nitrogens is 2. The van der Waals surface area contributed by atoms with Crippen LogP contribution in [0.1, 0.15) is 11.9 Å². The third kappa shape index (κ3) is 2.68. The summed E-state index contributed by atoms with van der Waals surface area (Å²) < 4.78 is 18.8. The molecule has 0 aliphatic carbocycles. The zero-order valence-electron chi connectivity index (χ0n) is 11.5. The Morgan fingerprint density at radius 3 is 2.82 bits per heavy atom. The molecule has 0 aromatic carbocycles. The van der Waals surface area contributed by atoms with Gasteiger partial charge in [-0.3, -0.25) is 14.3 Å². The number of aliphatic hydroxyl groups excluding tert-OH is 2. The number of rotatable bonds is 2. The van der Waals surface area contributed by atoms with Gasteiger partial charge < -0.3 is 14.9 Å². The number of halogens is 2. The lowest BCUT2D eigenvalue weighted by molar-refractivity contribution is -0.0471. The van der Waals surface area contributed by atoms with E-state index in [0.717, 1.165) is 10.6 Å². The fraction of sp³-hybridized carbons (Fsp3) is 0.538. The minimum Gasteiger partial charge on any atom is -0.394 e. The number of alkyl halides is 2. The van der Waals surface area contributed by atoms with Crippen LogP contribution >= 0.6 is 11.6 Å². The van der Waals surface area contributed by atoms with Crippen LogP contribution in [0.2, 0.25) is 0 Å². The summed E-state index contributed by atoms with van der Waals surface area (Å²) in [5.74, 6) is 4.44. The molecule has 1 aliphatic rings. The van der Waals surface area contributed by atoms with Crippen LogP contribution in [0.15, 0.2) is 15.7 Å². The Labute approximate surface area is 129 Å². The van der Waals surface area contributed by atoms with Crippen molar-refractivity contribution < 1.29 is 19.3 Å². The van der Waals surface area contributed by atoms with Crippen molar-refractivity contribution in [1.29, 1.82) is 0 Å². The van der Waals surface area contributed by atoms with Gasteiger partial charge in [0.2, 0.25) is 0 Å². The monoisotopic (exact) mass is 332 g/mol. The van der Waals surface area contributed by atoms with Gasteiger partial charge in [-0.1, -0.05) is 23.4 Å². The van der Waals surface area contributed by atoms with Crippen molar-refractivity contribution in [3.8, 4) is 11.8 Å². The van der Waals surface area contributed by atoms with Gasteiger partial charge in [0.25, 0.3) is 5.56 Å². The van der Waals surface area contributed by atoms with E-state index >= 15 is 0 Å². The van der Waals surface area contributed by atoms with Crippen LogP contribution in [-0.4, -0.2) is 50.1 Å². The SMILES string of the molecule is Cc1cc(=O)[nH]c(=O)n1[C@@H]1OC(CO)[C@H](O)C1(Cl)C#CCF. The third-order valence-electron chi connectivity index (χ3n) is 3.38. The van der Waals surface area contributed by atoms with Gasteiger partial charge in [-0.15, -0.1) is 0 Å². The van der Waals surface area contributed by atoms with E-state index in [4.69, 9.17) is 16.3 Å². The Hall–Kier alpha value is -1.66. The molecule has 4 atom stereocenters. The maximum Gasteiger partial charge on any atom is 0.330 e. The fourth-order valence-electron chi connectivity index (χ4n) is 2.36. The summed E-state index contributed by atoms with van der Waals surface area (Å²) in [6.07, 6.45) is -3.86. The number of aliphatic hydroxyl groups is 2. The molecular weight excluding hydrogens is 319 g/mol. The molecule has 1 aromatic heterocycles. The van der Waals surface area contributed by atoms with E-state index in [2.05, 4.69) is 11.8 Å². The van der Waals surface area contributed by atoms with Gasteiger partial charge >= 0.3 is 5.69 Å². The summed E-state index contributed by atoms with van der Waals surface area (Å²) in [4.78, 5) is 23.5. The maximum absolute atomic E-state index is 12.3. The van der Waals surface area contributed by atoms with Crippen molar-refractivity contribution >= 4 is 11.6 Å². The third-order valence-corrected chi connectivity index (χ3v) is 3.88. The van der Waals surface area contributed by atoms with Crippen LogP contribution in [0.5, 0.6) is 0 Å². The average molecular weight is 333 g/mol. The number of aryl methyl sites for hydroxylation is 1. The zero-order chi connectivity index (χ0) is 16.5. The second-order valence-electron chi connectivity index (χ2n) is 4.81. The van der Waals surface area contributed by atoms with E-state index in [1.807, 2.05) is 4.98 Å². The average Bonchev–Trinajstić information content (AvgIpc) is 2.69. The number of aromatic amines is 1. The van der Waals surface area contributed by atoms with Crippen molar-refractivity contribution in [2.45, 2.75) is 30.2 Å². The van der Waals surface area contributed by atoms with E-state index in [0.29, 0.717) is 0 Å². The predicted molar refractivity (Wildman–Crippen MR) is 75.4 cm³/mol. The molecule has 2 rings (SSSR count). The smallest absolute Gasteiger partial charge is 0.330 e. The molecule has 7 nitrogen and oxygen atoms in total. The quantitative estimate of drug-likeness (QED) is 0.478. The minimum atomic E-state index is -1.84. The van der Waals surface area contributed by atoms with E-state index in [-0.39, 0.29) is 5.69 Å². The first kappa shape index (κ1) is 16.7. The molecular formula is C13H14ClFN2O5. The largest absolute Gasteiger partial charge is 0.394 e. The molecule has 2 unspecified atom stereocenters. The molecule has 1 aliphatic heterocycles. The Morgan fingerprint density at radius 2 is 2.27 bits per heavy atom. The Morgan fingerprint density at radius 1 is 1.59 bits per heavy atom. The van der Waals surface area contributed by atoms with Crippen LogP contribution in [0.4, 0.5) is 4.39 Å². The minimum absolute atomic E-state index is 0.219. The van der Waals surface area contributed by atoms with Crippen molar-refractivity contribution in [1.82, 2.24) is 9.55 Å². The molecule has 0 amide bonds. The highest BCUT2D eigenvalue weighted by molar-refractivity contribution is 6.27. The van der Waals surface area contributed by atoms with Crippen molar-refractivity contribution in [2.24, 2.45) is 0 Å². The summed E-state index contributed by atoms with van der Waals surface area (Å²) in [5, 5.41) is 19.4. The summed E-state index contributed by atoms with van der Waals surface area (Å²) in [7, 11) is 0. The van der Waals surface area contributed by atoms with Crippen molar-refractivity contribution in [3.05, 3.63) is 32.6 Å². The molecule has 1 fully saturated rings.